The second-order valence-electron chi connectivity index (χ2n) is 3.91. The lowest BCUT2D eigenvalue weighted by molar-refractivity contribution is 0.105. The number of benzene rings is 1. The zero-order valence-electron chi connectivity index (χ0n) is 9.67. The number of aromatic nitrogens is 1. The molecule has 0 aliphatic rings. The molecule has 18 heavy (non-hydrogen) atoms. The topological polar surface area (TPSA) is 89.2 Å². The van der Waals surface area contributed by atoms with E-state index in [2.05, 4.69) is 16.4 Å². The van der Waals surface area contributed by atoms with Crippen LogP contribution >= 0.6 is 0 Å². The zero-order valence-corrected chi connectivity index (χ0v) is 9.67. The third-order valence-electron chi connectivity index (χ3n) is 2.56. The molecule has 2 rings (SSSR count). The summed E-state index contributed by atoms with van der Waals surface area (Å²) in [5, 5.41) is 30.8. The molecule has 5 heteroatoms. The van der Waals surface area contributed by atoms with E-state index in [0.717, 1.165) is 10.9 Å². The fraction of sp³-hybridized carbons (Fsp3) is 0.231. The monoisotopic (exact) mass is 243 g/mol. The van der Waals surface area contributed by atoms with Gasteiger partial charge in [0.05, 0.1) is 23.8 Å². The minimum Gasteiger partial charge on any atom is -0.394 e. The van der Waals surface area contributed by atoms with E-state index in [1.54, 1.807) is 6.07 Å². The molecule has 1 atom stereocenters. The normalized spacial score (nSPS) is 12.1. The summed E-state index contributed by atoms with van der Waals surface area (Å²) < 4.78 is 0. The van der Waals surface area contributed by atoms with Crippen LogP contribution in [0.25, 0.3) is 10.9 Å². The van der Waals surface area contributed by atoms with Gasteiger partial charge in [-0.25, -0.2) is 4.98 Å². The molecule has 0 bridgehead atoms. The van der Waals surface area contributed by atoms with E-state index in [0.29, 0.717) is 11.4 Å². The van der Waals surface area contributed by atoms with E-state index in [9.17, 15) is 5.11 Å². The van der Waals surface area contributed by atoms with Crippen molar-refractivity contribution in [2.45, 2.75) is 6.10 Å². The number of aliphatic hydroxyl groups is 2. The third kappa shape index (κ3) is 2.56. The van der Waals surface area contributed by atoms with E-state index in [1.165, 1.54) is 0 Å². The van der Waals surface area contributed by atoms with Gasteiger partial charge in [0.2, 0.25) is 0 Å². The Balaban J connectivity index is 2.34. The van der Waals surface area contributed by atoms with Gasteiger partial charge in [0, 0.05) is 11.9 Å². The van der Waals surface area contributed by atoms with Crippen molar-refractivity contribution in [2.24, 2.45) is 0 Å². The molecule has 2 aromatic rings. The highest BCUT2D eigenvalue weighted by atomic mass is 16.3. The van der Waals surface area contributed by atoms with Crippen molar-refractivity contribution in [3.05, 3.63) is 35.9 Å². The number of nitrogens with one attached hydrogen (secondary N) is 1. The average molecular weight is 243 g/mol. The summed E-state index contributed by atoms with van der Waals surface area (Å²) in [6, 6.07) is 11.3. The van der Waals surface area contributed by atoms with Crippen molar-refractivity contribution >= 4 is 16.7 Å². The predicted molar refractivity (Wildman–Crippen MR) is 68.0 cm³/mol. The maximum atomic E-state index is 9.27. The van der Waals surface area contributed by atoms with E-state index in [4.69, 9.17) is 10.4 Å². The SMILES string of the molecule is N#Cc1cc2ccccc2nc1NCC(O)CO. The van der Waals surface area contributed by atoms with Crippen LogP contribution in [0.1, 0.15) is 5.56 Å². The second-order valence-corrected chi connectivity index (χ2v) is 3.91. The van der Waals surface area contributed by atoms with Gasteiger partial charge in [-0.3, -0.25) is 0 Å². The number of rotatable bonds is 4. The quantitative estimate of drug-likeness (QED) is 0.741. The Kier molecular flexibility index (Phi) is 3.72. The minimum atomic E-state index is -0.871. The molecule has 0 spiro atoms. The molecule has 1 heterocycles. The van der Waals surface area contributed by atoms with Crippen LogP contribution in [0.4, 0.5) is 5.82 Å². The molecule has 0 fully saturated rings. The van der Waals surface area contributed by atoms with E-state index in [-0.39, 0.29) is 13.2 Å². The molecule has 92 valence electrons. The van der Waals surface area contributed by atoms with Gasteiger partial charge >= 0.3 is 0 Å². The van der Waals surface area contributed by atoms with Crippen LogP contribution in [-0.2, 0) is 0 Å². The van der Waals surface area contributed by atoms with Crippen LogP contribution in [0.5, 0.6) is 0 Å². The largest absolute Gasteiger partial charge is 0.394 e. The standard InChI is InChI=1S/C13H13N3O2/c14-6-10-5-9-3-1-2-4-12(9)16-13(10)15-7-11(18)8-17/h1-5,11,17-18H,7-8H2,(H,15,16). The maximum absolute atomic E-state index is 9.27. The van der Waals surface area contributed by atoms with Crippen molar-refractivity contribution < 1.29 is 10.2 Å². The van der Waals surface area contributed by atoms with Crippen LogP contribution in [0.15, 0.2) is 30.3 Å². The number of anilines is 1. The zero-order chi connectivity index (χ0) is 13.0. The highest BCUT2D eigenvalue weighted by molar-refractivity contribution is 5.82. The van der Waals surface area contributed by atoms with Gasteiger partial charge in [-0.15, -0.1) is 0 Å². The predicted octanol–water partition coefficient (Wildman–Crippen LogP) is 0.872. The third-order valence-corrected chi connectivity index (χ3v) is 2.56. The molecule has 5 nitrogen and oxygen atoms in total. The highest BCUT2D eigenvalue weighted by Crippen LogP contribution is 2.19. The Hall–Kier alpha value is -2.16. The van der Waals surface area contributed by atoms with Crippen molar-refractivity contribution in [1.82, 2.24) is 4.98 Å². The molecule has 0 amide bonds. The lowest BCUT2D eigenvalue weighted by atomic mass is 10.1. The second kappa shape index (κ2) is 5.45. The van der Waals surface area contributed by atoms with Gasteiger partial charge in [-0.05, 0) is 12.1 Å². The molecule has 3 N–H and O–H groups in total. The summed E-state index contributed by atoms with van der Waals surface area (Å²) in [5.41, 5.74) is 1.19. The van der Waals surface area contributed by atoms with Crippen LogP contribution in [0.3, 0.4) is 0 Å². The summed E-state index contributed by atoms with van der Waals surface area (Å²) >= 11 is 0. The van der Waals surface area contributed by atoms with Gasteiger partial charge in [-0.1, -0.05) is 18.2 Å². The molecule has 0 aliphatic carbocycles. The Morgan fingerprint density at radius 1 is 1.39 bits per heavy atom. The number of fused-ring (bicyclic) bond motifs is 1. The Bertz CT molecular complexity index is 592. The summed E-state index contributed by atoms with van der Waals surface area (Å²) in [4.78, 5) is 4.33. The Labute approximate surface area is 104 Å². The van der Waals surface area contributed by atoms with Crippen LogP contribution < -0.4 is 5.32 Å². The minimum absolute atomic E-state index is 0.149. The number of hydrogen-bond acceptors (Lipinski definition) is 5. The molecule has 0 radical (unpaired) electrons. The Morgan fingerprint density at radius 3 is 2.89 bits per heavy atom. The number of nitriles is 1. The summed E-state index contributed by atoms with van der Waals surface area (Å²) in [7, 11) is 0. The highest BCUT2D eigenvalue weighted by Gasteiger charge is 2.08. The lowest BCUT2D eigenvalue weighted by Crippen LogP contribution is -2.23. The average Bonchev–Trinajstić information content (AvgIpc) is 2.43. The van der Waals surface area contributed by atoms with E-state index in [1.807, 2.05) is 24.3 Å². The van der Waals surface area contributed by atoms with Gasteiger partial charge < -0.3 is 15.5 Å². The van der Waals surface area contributed by atoms with Gasteiger partial charge in [0.1, 0.15) is 11.9 Å². The maximum Gasteiger partial charge on any atom is 0.144 e. The number of nitrogens with zero attached hydrogens (tertiary/aromatic N) is 2. The first-order valence-electron chi connectivity index (χ1n) is 5.57. The van der Waals surface area contributed by atoms with Crippen molar-refractivity contribution in [1.29, 1.82) is 5.26 Å². The molecule has 0 saturated heterocycles. The summed E-state index contributed by atoms with van der Waals surface area (Å²) in [6.45, 7) is -0.182. The van der Waals surface area contributed by atoms with Gasteiger partial charge in [-0.2, -0.15) is 5.26 Å². The van der Waals surface area contributed by atoms with E-state index < -0.39 is 6.10 Å². The van der Waals surface area contributed by atoms with Crippen molar-refractivity contribution in [3.8, 4) is 6.07 Å². The lowest BCUT2D eigenvalue weighted by Gasteiger charge is -2.11. The van der Waals surface area contributed by atoms with Crippen molar-refractivity contribution in [2.75, 3.05) is 18.5 Å². The van der Waals surface area contributed by atoms with Gasteiger partial charge in [0.25, 0.3) is 0 Å². The fourth-order valence-electron chi connectivity index (χ4n) is 1.61. The fourth-order valence-corrected chi connectivity index (χ4v) is 1.61. The Morgan fingerprint density at radius 2 is 2.17 bits per heavy atom. The number of para-hydroxylation sites is 1. The molecule has 1 aromatic carbocycles. The van der Waals surface area contributed by atoms with Crippen LogP contribution in [0.2, 0.25) is 0 Å². The molecular weight excluding hydrogens is 230 g/mol. The molecule has 0 saturated carbocycles. The van der Waals surface area contributed by atoms with Gasteiger partial charge in [0.15, 0.2) is 0 Å². The van der Waals surface area contributed by atoms with E-state index >= 15 is 0 Å². The molecular formula is C13H13N3O2. The summed E-state index contributed by atoms with van der Waals surface area (Å²) in [6.07, 6.45) is -0.871. The first kappa shape index (κ1) is 12.3. The van der Waals surface area contributed by atoms with Crippen LogP contribution in [0, 0.1) is 11.3 Å². The van der Waals surface area contributed by atoms with Crippen molar-refractivity contribution in [3.63, 3.8) is 0 Å². The number of hydrogen-bond donors (Lipinski definition) is 3. The molecule has 1 unspecified atom stereocenters. The molecule has 1 aromatic heterocycles. The first-order valence-corrected chi connectivity index (χ1v) is 5.57. The number of aliphatic hydroxyl groups excluding tert-OH is 2. The first-order chi connectivity index (χ1) is 8.74. The number of pyridine rings is 1. The van der Waals surface area contributed by atoms with Crippen LogP contribution in [-0.4, -0.2) is 34.5 Å². The summed E-state index contributed by atoms with van der Waals surface area (Å²) in [5.74, 6) is 0.420. The smallest absolute Gasteiger partial charge is 0.144 e. The molecule has 0 aliphatic heterocycles.